The van der Waals surface area contributed by atoms with Gasteiger partial charge in [0, 0.05) is 33.2 Å². The highest BCUT2D eigenvalue weighted by Crippen LogP contribution is 2.53. The smallest absolute Gasteiger partial charge is 0.313 e. The van der Waals surface area contributed by atoms with E-state index in [-0.39, 0.29) is 43.8 Å². The number of benzene rings is 2. The molecule has 4 heterocycles. The third-order valence-electron chi connectivity index (χ3n) is 9.88. The number of hydrogen-bond acceptors (Lipinski definition) is 7. The fraction of sp³-hybridized carbons (Fsp3) is 0.444. The van der Waals surface area contributed by atoms with Crippen LogP contribution >= 0.6 is 11.6 Å². The summed E-state index contributed by atoms with van der Waals surface area (Å²) in [6.07, 6.45) is 6.93. The second-order valence-corrected chi connectivity index (χ2v) is 13.0. The fourth-order valence-electron chi connectivity index (χ4n) is 7.41. The minimum absolute atomic E-state index is 0.0603. The quantitative estimate of drug-likeness (QED) is 0.282. The van der Waals surface area contributed by atoms with E-state index in [1.165, 1.54) is 4.90 Å². The number of aliphatic hydroxyl groups excluding tert-OH is 1. The van der Waals surface area contributed by atoms with Crippen LogP contribution in [0.1, 0.15) is 44.3 Å². The van der Waals surface area contributed by atoms with Crippen LogP contribution < -0.4 is 4.90 Å². The van der Waals surface area contributed by atoms with Crippen molar-refractivity contribution in [3.63, 3.8) is 0 Å². The first kappa shape index (κ1) is 32.9. The molecule has 3 amide bonds. The van der Waals surface area contributed by atoms with E-state index < -0.39 is 47.7 Å². The van der Waals surface area contributed by atoms with Crippen molar-refractivity contribution >= 4 is 41.0 Å². The van der Waals surface area contributed by atoms with Gasteiger partial charge in [-0.05, 0) is 43.9 Å². The van der Waals surface area contributed by atoms with E-state index in [2.05, 4.69) is 0 Å². The molecule has 6 rings (SSSR count). The molecule has 4 aliphatic rings. The molecule has 4 aliphatic heterocycles. The zero-order valence-electron chi connectivity index (χ0n) is 26.5. The summed E-state index contributed by atoms with van der Waals surface area (Å²) in [6, 6.07) is 14.7. The highest BCUT2D eigenvalue weighted by Gasteiger charge is 2.71. The maximum Gasteiger partial charge on any atom is 0.313 e. The lowest BCUT2D eigenvalue weighted by Gasteiger charge is -2.35. The Morgan fingerprint density at radius 1 is 0.979 bits per heavy atom. The highest BCUT2D eigenvalue weighted by molar-refractivity contribution is 6.34. The number of amides is 3. The van der Waals surface area contributed by atoms with E-state index in [9.17, 15) is 24.3 Å². The topological polar surface area (TPSA) is 117 Å². The van der Waals surface area contributed by atoms with Crippen LogP contribution in [0.25, 0.3) is 0 Å². The maximum atomic E-state index is 14.6. The van der Waals surface area contributed by atoms with Gasteiger partial charge in [-0.1, -0.05) is 78.4 Å². The van der Waals surface area contributed by atoms with Gasteiger partial charge in [-0.2, -0.15) is 0 Å². The lowest BCUT2D eigenvalue weighted by Crippen LogP contribution is -2.55. The zero-order valence-corrected chi connectivity index (χ0v) is 27.3. The monoisotopic (exact) mass is 661 g/mol. The van der Waals surface area contributed by atoms with Crippen molar-refractivity contribution in [1.29, 1.82) is 0 Å². The summed E-state index contributed by atoms with van der Waals surface area (Å²) >= 11 is 6.55. The molecular weight excluding hydrogens is 622 g/mol. The number of rotatable bonds is 6. The van der Waals surface area contributed by atoms with Gasteiger partial charge in [0.1, 0.15) is 23.7 Å². The molecule has 0 radical (unpaired) electrons. The molecule has 0 bridgehead atoms. The molecule has 0 aromatic heterocycles. The van der Waals surface area contributed by atoms with Gasteiger partial charge in [-0.15, -0.1) is 0 Å². The Kier molecular flexibility index (Phi) is 9.55. The van der Waals surface area contributed by atoms with Gasteiger partial charge in [-0.25, -0.2) is 0 Å². The molecule has 2 aromatic carbocycles. The predicted octanol–water partition coefficient (Wildman–Crippen LogP) is 4.08. The summed E-state index contributed by atoms with van der Waals surface area (Å²) < 4.78 is 13.1. The molecule has 47 heavy (non-hydrogen) atoms. The van der Waals surface area contributed by atoms with Gasteiger partial charge in [0.05, 0.1) is 28.8 Å². The summed E-state index contributed by atoms with van der Waals surface area (Å²) in [5.41, 5.74) is -0.251. The van der Waals surface area contributed by atoms with Gasteiger partial charge in [0.2, 0.25) is 11.8 Å². The molecule has 0 unspecified atom stereocenters. The fourth-order valence-corrected chi connectivity index (χ4v) is 7.65. The number of allylic oxidation sites excluding steroid dienone is 1. The normalized spacial score (nSPS) is 31.8. The third kappa shape index (κ3) is 5.87. The predicted molar refractivity (Wildman–Crippen MR) is 175 cm³/mol. The number of unbranched alkanes of at least 4 members (excludes halogenated alkanes) is 1. The minimum Gasteiger partial charge on any atom is -0.455 e. The van der Waals surface area contributed by atoms with Crippen LogP contribution in [0.15, 0.2) is 78.9 Å². The van der Waals surface area contributed by atoms with E-state index in [0.29, 0.717) is 35.5 Å². The second kappa shape index (κ2) is 13.6. The molecule has 248 valence electrons. The van der Waals surface area contributed by atoms with Crippen LogP contribution in [0.3, 0.4) is 0 Å². The first-order valence-corrected chi connectivity index (χ1v) is 16.6. The Morgan fingerprint density at radius 3 is 2.47 bits per heavy atom. The van der Waals surface area contributed by atoms with Crippen molar-refractivity contribution in [1.82, 2.24) is 9.80 Å². The SMILES string of the molecule is C[C@H]1[C@H](c2ccccc2)OC(=O)[C@@H]2[C@H](/C=C\CCC(=O)N1C)O[C@@]13C=CCN(c4ccccc4Cl)C(=O)[C@@H]1N(CCCCO)C(=O)[C@@H]23. The molecule has 1 N–H and O–H groups in total. The summed E-state index contributed by atoms with van der Waals surface area (Å²) in [5.74, 6) is -3.60. The molecule has 2 aromatic rings. The number of aliphatic hydroxyl groups is 1. The van der Waals surface area contributed by atoms with Gasteiger partial charge in [0.25, 0.3) is 5.91 Å². The largest absolute Gasteiger partial charge is 0.455 e. The molecular formula is C36H40ClN3O7. The summed E-state index contributed by atoms with van der Waals surface area (Å²) in [4.78, 5) is 61.4. The van der Waals surface area contributed by atoms with Crippen molar-refractivity contribution in [3.8, 4) is 0 Å². The zero-order chi connectivity index (χ0) is 33.3. The van der Waals surface area contributed by atoms with E-state index in [1.54, 1.807) is 65.4 Å². The number of esters is 1. The van der Waals surface area contributed by atoms with Crippen LogP contribution in [0, 0.1) is 11.8 Å². The van der Waals surface area contributed by atoms with Gasteiger partial charge < -0.3 is 29.3 Å². The lowest BCUT2D eigenvalue weighted by atomic mass is 9.77. The lowest BCUT2D eigenvalue weighted by molar-refractivity contribution is -0.164. The van der Waals surface area contributed by atoms with E-state index in [1.807, 2.05) is 37.3 Å². The number of likely N-dealkylation sites (N-methyl/N-ethyl adjacent to an activating group) is 1. The third-order valence-corrected chi connectivity index (χ3v) is 10.2. The number of halogens is 1. The number of cyclic esters (lactones) is 1. The van der Waals surface area contributed by atoms with Gasteiger partial charge >= 0.3 is 5.97 Å². The minimum atomic E-state index is -1.47. The Morgan fingerprint density at radius 2 is 1.72 bits per heavy atom. The Labute approximate surface area is 279 Å². The van der Waals surface area contributed by atoms with Gasteiger partial charge in [-0.3, -0.25) is 19.2 Å². The molecule has 1 spiro atoms. The molecule has 7 atom stereocenters. The van der Waals surface area contributed by atoms with E-state index in [4.69, 9.17) is 21.1 Å². The molecule has 0 saturated carbocycles. The van der Waals surface area contributed by atoms with Crippen LogP contribution in [0.2, 0.25) is 5.02 Å². The Balaban J connectivity index is 1.44. The van der Waals surface area contributed by atoms with Gasteiger partial charge in [0.15, 0.2) is 0 Å². The van der Waals surface area contributed by atoms with Crippen molar-refractivity contribution in [2.45, 2.75) is 62.5 Å². The molecule has 11 heteroatoms. The first-order chi connectivity index (χ1) is 22.7. The Bertz CT molecular complexity index is 1580. The van der Waals surface area contributed by atoms with Crippen LogP contribution in [-0.4, -0.2) is 89.1 Å². The molecule has 0 aliphatic carbocycles. The van der Waals surface area contributed by atoms with Crippen molar-refractivity contribution in [2.24, 2.45) is 11.8 Å². The van der Waals surface area contributed by atoms with Crippen LogP contribution in [-0.2, 0) is 28.7 Å². The second-order valence-electron chi connectivity index (χ2n) is 12.6. The standard InChI is InChI=1S/C36H40ClN3O7/c1-23-31(24-13-4-3-5-14-24)46-35(45)29-27(17-8-9-18-28(42)38(23)2)47-36-19-12-21-39(26-16-7-6-15-25(26)37)34(44)32(36)40(20-10-11-22-41)33(43)30(29)36/h3-8,12-17,19,23,27,29-32,41H,9-11,18,20-22H2,1-2H3/b17-8-/t23-,27-,29+,30+,31+,32-,36+/m0/s1. The number of anilines is 1. The number of nitrogens with zero attached hydrogens (tertiary/aromatic N) is 3. The van der Waals surface area contributed by atoms with Crippen molar-refractivity contribution in [3.05, 3.63) is 89.5 Å². The number of carbonyl (C=O) groups excluding carboxylic acids is 4. The van der Waals surface area contributed by atoms with Crippen molar-refractivity contribution in [2.75, 3.05) is 31.6 Å². The number of ether oxygens (including phenoxy) is 2. The molecule has 2 fully saturated rings. The summed E-state index contributed by atoms with van der Waals surface area (Å²) in [7, 11) is 1.70. The van der Waals surface area contributed by atoms with Crippen LogP contribution in [0.4, 0.5) is 5.69 Å². The Hall–Kier alpha value is -3.99. The number of fused-ring (bicyclic) bond motifs is 2. The summed E-state index contributed by atoms with van der Waals surface area (Å²) in [6.45, 7) is 2.16. The maximum absolute atomic E-state index is 14.6. The average Bonchev–Trinajstić information content (AvgIpc) is 3.45. The number of para-hydroxylation sites is 1. The summed E-state index contributed by atoms with van der Waals surface area (Å²) in [5, 5.41) is 9.90. The average molecular weight is 662 g/mol. The number of hydrogen-bond donors (Lipinski definition) is 1. The van der Waals surface area contributed by atoms with Crippen molar-refractivity contribution < 1.29 is 33.8 Å². The highest BCUT2D eigenvalue weighted by atomic mass is 35.5. The first-order valence-electron chi connectivity index (χ1n) is 16.2. The molecule has 2 saturated heterocycles. The van der Waals surface area contributed by atoms with E-state index >= 15 is 0 Å². The number of carbonyl (C=O) groups is 4. The van der Waals surface area contributed by atoms with E-state index in [0.717, 1.165) is 0 Å². The van der Waals surface area contributed by atoms with Crippen LogP contribution in [0.5, 0.6) is 0 Å². The number of likely N-dealkylation sites (tertiary alicyclic amines) is 1. The molecule has 10 nitrogen and oxygen atoms in total.